The summed E-state index contributed by atoms with van der Waals surface area (Å²) in [5.41, 5.74) is 2.79. The van der Waals surface area contributed by atoms with E-state index in [1.807, 2.05) is 11.8 Å². The van der Waals surface area contributed by atoms with Gasteiger partial charge < -0.3 is 5.32 Å². The van der Waals surface area contributed by atoms with Gasteiger partial charge in [-0.2, -0.15) is 0 Å². The molecule has 2 heteroatoms. The van der Waals surface area contributed by atoms with Gasteiger partial charge in [-0.3, -0.25) is 0 Å². The molecule has 1 aliphatic heterocycles. The second-order valence-corrected chi connectivity index (χ2v) is 5.44. The molecule has 2 rings (SSSR count). The molecule has 0 spiro atoms. The summed E-state index contributed by atoms with van der Waals surface area (Å²) in [7, 11) is 0. The molecule has 1 aliphatic rings. The highest BCUT2D eigenvalue weighted by Gasteiger charge is 2.13. The van der Waals surface area contributed by atoms with E-state index in [0.29, 0.717) is 0 Å². The Labute approximate surface area is 96.7 Å². The molecule has 0 amide bonds. The molecule has 1 aromatic carbocycles. The van der Waals surface area contributed by atoms with Gasteiger partial charge in [0.1, 0.15) is 0 Å². The Kier molecular flexibility index (Phi) is 3.71. The van der Waals surface area contributed by atoms with Crippen molar-refractivity contribution in [2.24, 2.45) is 0 Å². The number of rotatable bonds is 3. The van der Waals surface area contributed by atoms with E-state index in [4.69, 9.17) is 0 Å². The molecule has 1 saturated heterocycles. The fraction of sp³-hybridized carbons (Fsp3) is 0.538. The van der Waals surface area contributed by atoms with E-state index >= 15 is 0 Å². The van der Waals surface area contributed by atoms with Gasteiger partial charge in [-0.15, -0.1) is 11.8 Å². The fourth-order valence-electron chi connectivity index (χ4n) is 1.90. The maximum Gasteiger partial charge on any atom is 0.0162 e. The van der Waals surface area contributed by atoms with Crippen LogP contribution in [0.1, 0.15) is 24.0 Å². The minimum absolute atomic E-state index is 0.733. The van der Waals surface area contributed by atoms with Crippen LogP contribution in [0.15, 0.2) is 23.1 Å². The van der Waals surface area contributed by atoms with Crippen LogP contribution < -0.4 is 5.32 Å². The zero-order chi connectivity index (χ0) is 10.7. The lowest BCUT2D eigenvalue weighted by Gasteiger charge is -2.10. The SMILES string of the molecule is Cc1ccc(SC[C@H]2CCCN2)cc1C. The summed E-state index contributed by atoms with van der Waals surface area (Å²) >= 11 is 1.98. The molecule has 82 valence electrons. The van der Waals surface area contributed by atoms with Crippen LogP contribution in [0.3, 0.4) is 0 Å². The molecule has 1 N–H and O–H groups in total. The van der Waals surface area contributed by atoms with Gasteiger partial charge >= 0.3 is 0 Å². The predicted molar refractivity (Wildman–Crippen MR) is 67.7 cm³/mol. The Morgan fingerprint density at radius 3 is 2.87 bits per heavy atom. The highest BCUT2D eigenvalue weighted by atomic mass is 32.2. The molecule has 1 aromatic rings. The molecule has 1 heterocycles. The highest BCUT2D eigenvalue weighted by molar-refractivity contribution is 7.99. The molecule has 1 fully saturated rings. The van der Waals surface area contributed by atoms with Gasteiger partial charge in [-0.1, -0.05) is 6.07 Å². The Hall–Kier alpha value is -0.470. The van der Waals surface area contributed by atoms with Crippen molar-refractivity contribution >= 4 is 11.8 Å². The predicted octanol–water partition coefficient (Wildman–Crippen LogP) is 3.15. The third-order valence-corrected chi connectivity index (χ3v) is 4.25. The molecule has 1 atom stereocenters. The van der Waals surface area contributed by atoms with E-state index in [1.165, 1.54) is 41.2 Å². The summed E-state index contributed by atoms with van der Waals surface area (Å²) in [6.07, 6.45) is 2.69. The van der Waals surface area contributed by atoms with Gasteiger partial charge in [-0.05, 0) is 56.5 Å². The summed E-state index contributed by atoms with van der Waals surface area (Å²) in [6, 6.07) is 7.49. The monoisotopic (exact) mass is 221 g/mol. The van der Waals surface area contributed by atoms with Crippen molar-refractivity contribution in [2.45, 2.75) is 37.6 Å². The lowest BCUT2D eigenvalue weighted by Crippen LogP contribution is -2.23. The first kappa shape index (κ1) is 11.0. The van der Waals surface area contributed by atoms with Gasteiger partial charge in [-0.25, -0.2) is 0 Å². The molecule has 0 unspecified atom stereocenters. The minimum atomic E-state index is 0.733. The van der Waals surface area contributed by atoms with Crippen LogP contribution in [0.2, 0.25) is 0 Å². The molecule has 0 bridgehead atoms. The largest absolute Gasteiger partial charge is 0.313 e. The van der Waals surface area contributed by atoms with Crippen molar-refractivity contribution < 1.29 is 0 Å². The first-order valence-electron chi connectivity index (χ1n) is 5.69. The van der Waals surface area contributed by atoms with E-state index in [-0.39, 0.29) is 0 Å². The first-order valence-corrected chi connectivity index (χ1v) is 6.68. The smallest absolute Gasteiger partial charge is 0.0162 e. The third kappa shape index (κ3) is 2.99. The Bertz CT molecular complexity index is 329. The number of benzene rings is 1. The van der Waals surface area contributed by atoms with Crippen LogP contribution in [0.25, 0.3) is 0 Å². The zero-order valence-corrected chi connectivity index (χ0v) is 10.4. The maximum atomic E-state index is 3.53. The summed E-state index contributed by atoms with van der Waals surface area (Å²) < 4.78 is 0. The standard InChI is InChI=1S/C13H19NS/c1-10-5-6-13(8-11(10)2)15-9-12-4-3-7-14-12/h5-6,8,12,14H,3-4,7,9H2,1-2H3/t12-/m1/s1. The van der Waals surface area contributed by atoms with Crippen LogP contribution in [0, 0.1) is 13.8 Å². The molecule has 1 nitrogen and oxygen atoms in total. The van der Waals surface area contributed by atoms with E-state index in [9.17, 15) is 0 Å². The van der Waals surface area contributed by atoms with Crippen LogP contribution in [-0.2, 0) is 0 Å². The number of nitrogens with one attached hydrogen (secondary N) is 1. The van der Waals surface area contributed by atoms with Gasteiger partial charge in [0, 0.05) is 16.7 Å². The molecular weight excluding hydrogens is 202 g/mol. The van der Waals surface area contributed by atoms with Gasteiger partial charge in [0.25, 0.3) is 0 Å². The fourth-order valence-corrected chi connectivity index (χ4v) is 3.00. The second-order valence-electron chi connectivity index (χ2n) is 4.35. The summed E-state index contributed by atoms with van der Waals surface area (Å²) in [4.78, 5) is 1.41. The molecule has 0 aromatic heterocycles. The number of hydrogen-bond donors (Lipinski definition) is 1. The quantitative estimate of drug-likeness (QED) is 0.787. The highest BCUT2D eigenvalue weighted by Crippen LogP contribution is 2.23. The summed E-state index contributed by atoms with van der Waals surface area (Å²) in [5.74, 6) is 1.21. The summed E-state index contributed by atoms with van der Waals surface area (Å²) in [5, 5.41) is 3.53. The third-order valence-electron chi connectivity index (χ3n) is 3.09. The normalized spacial score (nSPS) is 20.8. The Balaban J connectivity index is 1.90. The Morgan fingerprint density at radius 2 is 2.20 bits per heavy atom. The van der Waals surface area contributed by atoms with E-state index in [0.717, 1.165) is 6.04 Å². The average Bonchev–Trinajstić information content (AvgIpc) is 2.73. The van der Waals surface area contributed by atoms with E-state index in [2.05, 4.69) is 37.4 Å². The van der Waals surface area contributed by atoms with Crippen LogP contribution in [-0.4, -0.2) is 18.3 Å². The van der Waals surface area contributed by atoms with Gasteiger partial charge in [0.2, 0.25) is 0 Å². The maximum absolute atomic E-state index is 3.53. The zero-order valence-electron chi connectivity index (χ0n) is 9.55. The average molecular weight is 221 g/mol. The lowest BCUT2D eigenvalue weighted by atomic mass is 10.1. The van der Waals surface area contributed by atoms with Crippen LogP contribution >= 0.6 is 11.8 Å². The van der Waals surface area contributed by atoms with Gasteiger partial charge in [0.05, 0.1) is 0 Å². The first-order chi connectivity index (χ1) is 7.25. The molecule has 0 radical (unpaired) electrons. The van der Waals surface area contributed by atoms with Crippen molar-refractivity contribution in [3.05, 3.63) is 29.3 Å². The number of aryl methyl sites for hydroxylation is 2. The van der Waals surface area contributed by atoms with Crippen LogP contribution in [0.5, 0.6) is 0 Å². The van der Waals surface area contributed by atoms with E-state index < -0.39 is 0 Å². The topological polar surface area (TPSA) is 12.0 Å². The second kappa shape index (κ2) is 5.04. The molecule has 15 heavy (non-hydrogen) atoms. The molecular formula is C13H19NS. The minimum Gasteiger partial charge on any atom is -0.313 e. The number of thioether (sulfide) groups is 1. The van der Waals surface area contributed by atoms with Gasteiger partial charge in [0.15, 0.2) is 0 Å². The Morgan fingerprint density at radius 1 is 1.33 bits per heavy atom. The van der Waals surface area contributed by atoms with Crippen molar-refractivity contribution in [1.82, 2.24) is 5.32 Å². The lowest BCUT2D eigenvalue weighted by molar-refractivity contribution is 0.674. The molecule has 0 saturated carbocycles. The van der Waals surface area contributed by atoms with Crippen molar-refractivity contribution in [2.75, 3.05) is 12.3 Å². The van der Waals surface area contributed by atoms with E-state index in [1.54, 1.807) is 0 Å². The number of hydrogen-bond acceptors (Lipinski definition) is 2. The van der Waals surface area contributed by atoms with Crippen molar-refractivity contribution in [1.29, 1.82) is 0 Å². The summed E-state index contributed by atoms with van der Waals surface area (Å²) in [6.45, 7) is 5.56. The van der Waals surface area contributed by atoms with Crippen LogP contribution in [0.4, 0.5) is 0 Å². The van der Waals surface area contributed by atoms with Crippen molar-refractivity contribution in [3.8, 4) is 0 Å². The molecule has 0 aliphatic carbocycles. The van der Waals surface area contributed by atoms with Crippen molar-refractivity contribution in [3.63, 3.8) is 0 Å².